The first-order valence-electron chi connectivity index (χ1n) is 3.88. The molecule has 0 aromatic rings. The number of amides is 1. The van der Waals surface area contributed by atoms with Crippen molar-refractivity contribution in [2.75, 3.05) is 6.54 Å². The summed E-state index contributed by atoms with van der Waals surface area (Å²) in [5, 5.41) is 3.08. The standard InChI is InChI=1S/C8H16N2O/c1-3-4-5-10-7(2)6-8(9)11/h6,10H,3-5H2,1-2H3,(H2,9,11). The molecule has 0 heterocycles. The van der Waals surface area contributed by atoms with Crippen molar-refractivity contribution in [1.29, 1.82) is 0 Å². The van der Waals surface area contributed by atoms with Crippen molar-refractivity contribution in [3.8, 4) is 0 Å². The van der Waals surface area contributed by atoms with Crippen molar-refractivity contribution >= 4 is 5.91 Å². The number of carbonyl (C=O) groups excluding carboxylic acids is 1. The van der Waals surface area contributed by atoms with Crippen LogP contribution in [0, 0.1) is 0 Å². The molecule has 0 aliphatic heterocycles. The van der Waals surface area contributed by atoms with Crippen LogP contribution in [0.15, 0.2) is 11.8 Å². The zero-order chi connectivity index (χ0) is 8.69. The average molecular weight is 156 g/mol. The quantitative estimate of drug-likeness (QED) is 0.456. The van der Waals surface area contributed by atoms with E-state index in [1.54, 1.807) is 0 Å². The van der Waals surface area contributed by atoms with Gasteiger partial charge < -0.3 is 11.1 Å². The van der Waals surface area contributed by atoms with Gasteiger partial charge in [-0.3, -0.25) is 4.79 Å². The zero-order valence-electron chi connectivity index (χ0n) is 7.18. The van der Waals surface area contributed by atoms with Crippen molar-refractivity contribution in [2.24, 2.45) is 5.73 Å². The Morgan fingerprint density at radius 2 is 2.27 bits per heavy atom. The number of nitrogens with one attached hydrogen (secondary N) is 1. The summed E-state index contributed by atoms with van der Waals surface area (Å²) in [7, 11) is 0. The summed E-state index contributed by atoms with van der Waals surface area (Å²) >= 11 is 0. The van der Waals surface area contributed by atoms with Crippen molar-refractivity contribution in [3.05, 3.63) is 11.8 Å². The molecule has 0 aliphatic carbocycles. The van der Waals surface area contributed by atoms with Gasteiger partial charge in [0.25, 0.3) is 0 Å². The summed E-state index contributed by atoms with van der Waals surface area (Å²) in [6, 6.07) is 0. The number of unbranched alkanes of at least 4 members (excludes halogenated alkanes) is 1. The van der Waals surface area contributed by atoms with Crippen LogP contribution in [0.25, 0.3) is 0 Å². The molecule has 3 nitrogen and oxygen atoms in total. The molecule has 1 amide bonds. The van der Waals surface area contributed by atoms with Gasteiger partial charge in [0.05, 0.1) is 0 Å². The highest BCUT2D eigenvalue weighted by Gasteiger charge is 1.89. The van der Waals surface area contributed by atoms with E-state index in [1.165, 1.54) is 6.08 Å². The van der Waals surface area contributed by atoms with Crippen LogP contribution in [-0.2, 0) is 4.79 Å². The number of nitrogens with two attached hydrogens (primary N) is 1. The monoisotopic (exact) mass is 156 g/mol. The summed E-state index contributed by atoms with van der Waals surface area (Å²) in [5.41, 5.74) is 5.78. The van der Waals surface area contributed by atoms with E-state index in [9.17, 15) is 4.79 Å². The molecular weight excluding hydrogens is 140 g/mol. The molecule has 0 radical (unpaired) electrons. The van der Waals surface area contributed by atoms with Crippen LogP contribution in [0.2, 0.25) is 0 Å². The molecule has 0 fully saturated rings. The molecule has 0 rings (SSSR count). The lowest BCUT2D eigenvalue weighted by Crippen LogP contribution is -2.16. The summed E-state index contributed by atoms with van der Waals surface area (Å²) < 4.78 is 0. The second-order valence-corrected chi connectivity index (χ2v) is 2.51. The lowest BCUT2D eigenvalue weighted by molar-refractivity contribution is -0.113. The molecule has 0 saturated carbocycles. The lowest BCUT2D eigenvalue weighted by atomic mass is 10.3. The van der Waals surface area contributed by atoms with Crippen LogP contribution in [-0.4, -0.2) is 12.5 Å². The highest BCUT2D eigenvalue weighted by molar-refractivity contribution is 5.86. The maximum absolute atomic E-state index is 10.3. The average Bonchev–Trinajstić information content (AvgIpc) is 1.86. The van der Waals surface area contributed by atoms with E-state index in [1.807, 2.05) is 6.92 Å². The van der Waals surface area contributed by atoms with Gasteiger partial charge in [-0.1, -0.05) is 13.3 Å². The van der Waals surface area contributed by atoms with Crippen LogP contribution in [0.3, 0.4) is 0 Å². The van der Waals surface area contributed by atoms with E-state index >= 15 is 0 Å². The van der Waals surface area contributed by atoms with Crippen molar-refractivity contribution < 1.29 is 4.79 Å². The maximum Gasteiger partial charge on any atom is 0.243 e. The smallest absolute Gasteiger partial charge is 0.243 e. The van der Waals surface area contributed by atoms with Crippen LogP contribution >= 0.6 is 0 Å². The molecule has 11 heavy (non-hydrogen) atoms. The molecule has 0 aromatic heterocycles. The first kappa shape index (κ1) is 10.0. The first-order valence-corrected chi connectivity index (χ1v) is 3.88. The van der Waals surface area contributed by atoms with Crippen molar-refractivity contribution in [3.63, 3.8) is 0 Å². The lowest BCUT2D eigenvalue weighted by Gasteiger charge is -2.03. The van der Waals surface area contributed by atoms with E-state index in [-0.39, 0.29) is 0 Å². The normalized spacial score (nSPS) is 11.3. The Morgan fingerprint density at radius 3 is 2.73 bits per heavy atom. The molecule has 0 spiro atoms. The third-order valence-electron chi connectivity index (χ3n) is 1.29. The zero-order valence-corrected chi connectivity index (χ0v) is 7.18. The minimum absolute atomic E-state index is 0.397. The number of hydrogen-bond donors (Lipinski definition) is 2. The molecule has 64 valence electrons. The molecule has 3 heteroatoms. The first-order chi connectivity index (χ1) is 5.16. The number of primary amides is 1. The van der Waals surface area contributed by atoms with Crippen LogP contribution in [0.5, 0.6) is 0 Å². The van der Waals surface area contributed by atoms with Gasteiger partial charge in [0.2, 0.25) is 5.91 Å². The SMILES string of the molecule is CCCCNC(C)=CC(N)=O. The summed E-state index contributed by atoms with van der Waals surface area (Å²) in [5.74, 6) is -0.397. The van der Waals surface area contributed by atoms with Crippen molar-refractivity contribution in [2.45, 2.75) is 26.7 Å². The number of carbonyl (C=O) groups is 1. The fourth-order valence-corrected chi connectivity index (χ4v) is 0.727. The second kappa shape index (κ2) is 5.77. The van der Waals surface area contributed by atoms with Crippen LogP contribution in [0.4, 0.5) is 0 Å². The molecule has 0 unspecified atom stereocenters. The number of rotatable bonds is 5. The number of hydrogen-bond acceptors (Lipinski definition) is 2. The highest BCUT2D eigenvalue weighted by Crippen LogP contribution is 1.88. The molecule has 0 atom stereocenters. The van der Waals surface area contributed by atoms with E-state index in [0.717, 1.165) is 25.1 Å². The van der Waals surface area contributed by atoms with Gasteiger partial charge >= 0.3 is 0 Å². The molecular formula is C8H16N2O. The summed E-state index contributed by atoms with van der Waals surface area (Å²) in [6.07, 6.45) is 3.66. The van der Waals surface area contributed by atoms with Crippen molar-refractivity contribution in [1.82, 2.24) is 5.32 Å². The summed E-state index contributed by atoms with van der Waals surface area (Å²) in [4.78, 5) is 10.3. The molecule has 0 aliphatic rings. The fraction of sp³-hybridized carbons (Fsp3) is 0.625. The third kappa shape index (κ3) is 6.90. The van der Waals surface area contributed by atoms with E-state index < -0.39 is 5.91 Å². The fourth-order valence-electron chi connectivity index (χ4n) is 0.727. The predicted molar refractivity (Wildman–Crippen MR) is 45.9 cm³/mol. The largest absolute Gasteiger partial charge is 0.388 e. The Balaban J connectivity index is 3.51. The van der Waals surface area contributed by atoms with Gasteiger partial charge in [-0.2, -0.15) is 0 Å². The minimum Gasteiger partial charge on any atom is -0.388 e. The van der Waals surface area contributed by atoms with Gasteiger partial charge in [-0.05, 0) is 13.3 Å². The molecule has 0 bridgehead atoms. The van der Waals surface area contributed by atoms with Crippen LogP contribution < -0.4 is 11.1 Å². The van der Waals surface area contributed by atoms with Gasteiger partial charge in [-0.25, -0.2) is 0 Å². The number of allylic oxidation sites excluding steroid dienone is 1. The topological polar surface area (TPSA) is 55.1 Å². The Bertz CT molecular complexity index is 152. The third-order valence-corrected chi connectivity index (χ3v) is 1.29. The van der Waals surface area contributed by atoms with E-state index in [0.29, 0.717) is 0 Å². The Hall–Kier alpha value is -0.990. The van der Waals surface area contributed by atoms with Gasteiger partial charge in [-0.15, -0.1) is 0 Å². The van der Waals surface area contributed by atoms with Gasteiger partial charge in [0.1, 0.15) is 0 Å². The van der Waals surface area contributed by atoms with E-state index in [4.69, 9.17) is 5.73 Å². The minimum atomic E-state index is -0.397. The van der Waals surface area contributed by atoms with Gasteiger partial charge in [0, 0.05) is 18.3 Å². The second-order valence-electron chi connectivity index (χ2n) is 2.51. The summed E-state index contributed by atoms with van der Waals surface area (Å²) in [6.45, 7) is 4.86. The molecule has 3 N–H and O–H groups in total. The molecule has 0 aromatic carbocycles. The Labute approximate surface area is 67.7 Å². The van der Waals surface area contributed by atoms with Crippen LogP contribution in [0.1, 0.15) is 26.7 Å². The maximum atomic E-state index is 10.3. The highest BCUT2D eigenvalue weighted by atomic mass is 16.1. The predicted octanol–water partition coefficient (Wildman–Crippen LogP) is 0.765. The van der Waals surface area contributed by atoms with Gasteiger partial charge in [0.15, 0.2) is 0 Å². The Kier molecular flexibility index (Phi) is 5.25. The van der Waals surface area contributed by atoms with E-state index in [2.05, 4.69) is 12.2 Å². The molecule has 0 saturated heterocycles. The Morgan fingerprint density at radius 1 is 1.64 bits per heavy atom.